The van der Waals surface area contributed by atoms with Crippen LogP contribution in [0.5, 0.6) is 0 Å². The fourth-order valence-corrected chi connectivity index (χ4v) is 1.66. The number of carboxylic acid groups (broad SMARTS) is 1. The fourth-order valence-electron chi connectivity index (χ4n) is 1.66. The first kappa shape index (κ1) is 11.3. The van der Waals surface area contributed by atoms with Crippen LogP contribution in [-0.2, 0) is 4.74 Å². The predicted molar refractivity (Wildman–Crippen MR) is 53.2 cm³/mol. The van der Waals surface area contributed by atoms with Gasteiger partial charge in [0.05, 0.1) is 0 Å². The van der Waals surface area contributed by atoms with Crippen molar-refractivity contribution in [1.29, 1.82) is 0 Å². The monoisotopic (exact) mass is 201 g/mol. The number of amides is 1. The standard InChI is InChI=1S/C10H19NO3/c1-2-3-8-14-9-6-4-5-7-11(9)10(12)13/h9H,2-8H2,1H3,(H,12,13). The maximum Gasteiger partial charge on any atom is 0.409 e. The molecule has 1 aliphatic rings. The van der Waals surface area contributed by atoms with E-state index in [2.05, 4.69) is 6.92 Å². The quantitative estimate of drug-likeness (QED) is 0.710. The Kier molecular flexibility index (Phi) is 4.73. The Bertz CT molecular complexity index is 184. The molecule has 1 N–H and O–H groups in total. The molecular weight excluding hydrogens is 182 g/mol. The van der Waals surface area contributed by atoms with Crippen LogP contribution in [0.4, 0.5) is 4.79 Å². The Morgan fingerprint density at radius 3 is 3.00 bits per heavy atom. The third kappa shape index (κ3) is 3.18. The second kappa shape index (κ2) is 5.86. The van der Waals surface area contributed by atoms with E-state index in [0.29, 0.717) is 13.2 Å². The van der Waals surface area contributed by atoms with Crippen molar-refractivity contribution in [2.24, 2.45) is 0 Å². The van der Waals surface area contributed by atoms with Crippen LogP contribution in [0.2, 0.25) is 0 Å². The second-order valence-corrected chi connectivity index (χ2v) is 3.65. The van der Waals surface area contributed by atoms with Gasteiger partial charge in [0.25, 0.3) is 0 Å². The molecule has 4 nitrogen and oxygen atoms in total. The van der Waals surface area contributed by atoms with Crippen LogP contribution in [0, 0.1) is 0 Å². The van der Waals surface area contributed by atoms with Gasteiger partial charge >= 0.3 is 6.09 Å². The van der Waals surface area contributed by atoms with Gasteiger partial charge in [0.1, 0.15) is 6.23 Å². The van der Waals surface area contributed by atoms with E-state index in [1.807, 2.05) is 0 Å². The molecule has 0 aromatic carbocycles. The maximum absolute atomic E-state index is 10.8. The summed E-state index contributed by atoms with van der Waals surface area (Å²) < 4.78 is 5.54. The second-order valence-electron chi connectivity index (χ2n) is 3.65. The summed E-state index contributed by atoms with van der Waals surface area (Å²) >= 11 is 0. The van der Waals surface area contributed by atoms with Crippen molar-refractivity contribution in [3.8, 4) is 0 Å². The lowest BCUT2D eigenvalue weighted by molar-refractivity contribution is -0.0669. The Morgan fingerprint density at radius 1 is 1.57 bits per heavy atom. The van der Waals surface area contributed by atoms with Gasteiger partial charge in [-0.3, -0.25) is 4.90 Å². The van der Waals surface area contributed by atoms with Gasteiger partial charge in [-0.2, -0.15) is 0 Å². The minimum Gasteiger partial charge on any atom is -0.465 e. The molecule has 1 fully saturated rings. The van der Waals surface area contributed by atoms with E-state index in [-0.39, 0.29) is 6.23 Å². The first-order valence-electron chi connectivity index (χ1n) is 5.37. The average molecular weight is 201 g/mol. The lowest BCUT2D eigenvalue weighted by Crippen LogP contribution is -2.44. The average Bonchev–Trinajstić information content (AvgIpc) is 2.19. The number of piperidine rings is 1. The summed E-state index contributed by atoms with van der Waals surface area (Å²) in [7, 11) is 0. The highest BCUT2D eigenvalue weighted by Crippen LogP contribution is 2.18. The zero-order valence-electron chi connectivity index (χ0n) is 8.74. The van der Waals surface area contributed by atoms with Crippen molar-refractivity contribution < 1.29 is 14.6 Å². The molecule has 0 aliphatic carbocycles. The number of carbonyl (C=O) groups is 1. The fraction of sp³-hybridized carbons (Fsp3) is 0.900. The molecule has 1 rings (SSSR count). The zero-order chi connectivity index (χ0) is 10.4. The molecule has 0 spiro atoms. The van der Waals surface area contributed by atoms with Gasteiger partial charge in [0.2, 0.25) is 0 Å². The molecular formula is C10H19NO3. The highest BCUT2D eigenvalue weighted by molar-refractivity contribution is 5.65. The number of hydrogen-bond acceptors (Lipinski definition) is 2. The Labute approximate surface area is 84.8 Å². The van der Waals surface area contributed by atoms with Crippen molar-refractivity contribution in [1.82, 2.24) is 4.90 Å². The van der Waals surface area contributed by atoms with E-state index in [4.69, 9.17) is 9.84 Å². The van der Waals surface area contributed by atoms with E-state index >= 15 is 0 Å². The predicted octanol–water partition coefficient (Wildman–Crippen LogP) is 2.29. The van der Waals surface area contributed by atoms with Crippen molar-refractivity contribution >= 4 is 6.09 Å². The van der Waals surface area contributed by atoms with Crippen LogP contribution in [0.1, 0.15) is 39.0 Å². The van der Waals surface area contributed by atoms with Crippen molar-refractivity contribution in [2.45, 2.75) is 45.3 Å². The number of nitrogens with zero attached hydrogens (tertiary/aromatic N) is 1. The first-order chi connectivity index (χ1) is 6.75. The van der Waals surface area contributed by atoms with Crippen LogP contribution in [0.15, 0.2) is 0 Å². The van der Waals surface area contributed by atoms with Gasteiger partial charge < -0.3 is 9.84 Å². The lowest BCUT2D eigenvalue weighted by atomic mass is 10.1. The Hall–Kier alpha value is -0.770. The number of ether oxygens (including phenoxy) is 1. The molecule has 14 heavy (non-hydrogen) atoms. The smallest absolute Gasteiger partial charge is 0.409 e. The van der Waals surface area contributed by atoms with Crippen LogP contribution >= 0.6 is 0 Å². The number of hydrogen-bond donors (Lipinski definition) is 1. The summed E-state index contributed by atoms with van der Waals surface area (Å²) in [6.07, 6.45) is 3.90. The van der Waals surface area contributed by atoms with E-state index in [9.17, 15) is 4.79 Å². The third-order valence-electron chi connectivity index (χ3n) is 2.50. The maximum atomic E-state index is 10.8. The molecule has 1 unspecified atom stereocenters. The molecule has 1 aliphatic heterocycles. The van der Waals surface area contributed by atoms with Gasteiger partial charge in [0, 0.05) is 13.2 Å². The van der Waals surface area contributed by atoms with Crippen LogP contribution in [0.3, 0.4) is 0 Å². The highest BCUT2D eigenvalue weighted by atomic mass is 16.5. The van der Waals surface area contributed by atoms with Gasteiger partial charge in [-0.15, -0.1) is 0 Å². The minimum atomic E-state index is -0.855. The van der Waals surface area contributed by atoms with Crippen molar-refractivity contribution in [3.63, 3.8) is 0 Å². The summed E-state index contributed by atoms with van der Waals surface area (Å²) in [6, 6.07) is 0. The van der Waals surface area contributed by atoms with Gasteiger partial charge in [0.15, 0.2) is 0 Å². The summed E-state index contributed by atoms with van der Waals surface area (Å²) in [5.74, 6) is 0. The molecule has 4 heteroatoms. The van der Waals surface area contributed by atoms with E-state index < -0.39 is 6.09 Å². The van der Waals surface area contributed by atoms with Gasteiger partial charge in [-0.05, 0) is 25.7 Å². The minimum absolute atomic E-state index is 0.201. The largest absolute Gasteiger partial charge is 0.465 e. The third-order valence-corrected chi connectivity index (χ3v) is 2.50. The molecule has 0 saturated carbocycles. The molecule has 82 valence electrons. The summed E-state index contributed by atoms with van der Waals surface area (Å²) in [5.41, 5.74) is 0. The summed E-state index contributed by atoms with van der Waals surface area (Å²) in [6.45, 7) is 3.39. The lowest BCUT2D eigenvalue weighted by Gasteiger charge is -2.33. The van der Waals surface area contributed by atoms with E-state index in [0.717, 1.165) is 32.1 Å². The van der Waals surface area contributed by atoms with Gasteiger partial charge in [-0.25, -0.2) is 4.79 Å². The molecule has 0 bridgehead atoms. The van der Waals surface area contributed by atoms with Crippen LogP contribution in [-0.4, -0.2) is 35.5 Å². The first-order valence-corrected chi connectivity index (χ1v) is 5.37. The summed E-state index contributed by atoms with van der Waals surface area (Å²) in [5, 5.41) is 8.91. The van der Waals surface area contributed by atoms with Crippen molar-refractivity contribution in [3.05, 3.63) is 0 Å². The van der Waals surface area contributed by atoms with E-state index in [1.54, 1.807) is 0 Å². The van der Waals surface area contributed by atoms with Crippen LogP contribution < -0.4 is 0 Å². The SMILES string of the molecule is CCCCOC1CCCCN1C(=O)O. The molecule has 0 aromatic heterocycles. The number of likely N-dealkylation sites (tertiary alicyclic amines) is 1. The van der Waals surface area contributed by atoms with Crippen molar-refractivity contribution in [2.75, 3.05) is 13.2 Å². The normalized spacial score (nSPS) is 22.4. The molecule has 0 radical (unpaired) electrons. The molecule has 1 amide bonds. The Morgan fingerprint density at radius 2 is 2.36 bits per heavy atom. The molecule has 1 atom stereocenters. The molecule has 1 saturated heterocycles. The zero-order valence-corrected chi connectivity index (χ0v) is 8.74. The molecule has 1 heterocycles. The van der Waals surface area contributed by atoms with Crippen LogP contribution in [0.25, 0.3) is 0 Å². The number of rotatable bonds is 4. The Balaban J connectivity index is 2.34. The highest BCUT2D eigenvalue weighted by Gasteiger charge is 2.26. The summed E-state index contributed by atoms with van der Waals surface area (Å²) in [4.78, 5) is 12.3. The van der Waals surface area contributed by atoms with Gasteiger partial charge in [-0.1, -0.05) is 13.3 Å². The van der Waals surface area contributed by atoms with E-state index in [1.165, 1.54) is 4.90 Å². The number of unbranched alkanes of at least 4 members (excludes halogenated alkanes) is 1. The topological polar surface area (TPSA) is 49.8 Å². The molecule has 0 aromatic rings.